The molecule has 0 aliphatic rings. The van der Waals surface area contributed by atoms with E-state index in [0.717, 1.165) is 5.75 Å². The van der Waals surface area contributed by atoms with E-state index in [4.69, 9.17) is 14.2 Å². The van der Waals surface area contributed by atoms with Crippen molar-refractivity contribution in [1.29, 1.82) is 0 Å². The van der Waals surface area contributed by atoms with Gasteiger partial charge < -0.3 is 14.2 Å². The van der Waals surface area contributed by atoms with Gasteiger partial charge in [0.25, 0.3) is 0 Å². The maximum absolute atomic E-state index is 11.6. The molecule has 25 heavy (non-hydrogen) atoms. The van der Waals surface area contributed by atoms with Crippen molar-refractivity contribution in [3.63, 3.8) is 0 Å². The van der Waals surface area contributed by atoms with Crippen LogP contribution in [0.3, 0.4) is 0 Å². The summed E-state index contributed by atoms with van der Waals surface area (Å²) >= 11 is 0. The topological polar surface area (TPSA) is 62.6 Å². The van der Waals surface area contributed by atoms with Crippen LogP contribution in [-0.4, -0.2) is 28.2 Å². The standard InChI is InChI=1S/C19H26N2O4/c1-6-23-15-8-7-9-16(12-15)25-18(21-11-10-20-13-21)17(19(3,4)5)24-14(2)22/h7-13,17-18H,6H2,1-5H3. The van der Waals surface area contributed by atoms with Crippen molar-refractivity contribution in [3.8, 4) is 11.5 Å². The Balaban J connectivity index is 2.36. The summed E-state index contributed by atoms with van der Waals surface area (Å²) in [4.78, 5) is 15.7. The third-order valence-electron chi connectivity index (χ3n) is 3.60. The summed E-state index contributed by atoms with van der Waals surface area (Å²) < 4.78 is 19.1. The first kappa shape index (κ1) is 18.8. The monoisotopic (exact) mass is 346 g/mol. The zero-order valence-electron chi connectivity index (χ0n) is 15.4. The molecule has 2 atom stereocenters. The molecule has 6 nitrogen and oxygen atoms in total. The lowest BCUT2D eigenvalue weighted by Gasteiger charge is -2.36. The van der Waals surface area contributed by atoms with E-state index in [1.54, 1.807) is 23.3 Å². The van der Waals surface area contributed by atoms with Crippen molar-refractivity contribution in [1.82, 2.24) is 9.55 Å². The van der Waals surface area contributed by atoms with Crippen LogP contribution in [0.5, 0.6) is 11.5 Å². The second kappa shape index (κ2) is 8.05. The Kier molecular flexibility index (Phi) is 6.07. The van der Waals surface area contributed by atoms with Gasteiger partial charge in [0.15, 0.2) is 6.10 Å². The average Bonchev–Trinajstić information content (AvgIpc) is 3.04. The van der Waals surface area contributed by atoms with Crippen LogP contribution in [-0.2, 0) is 9.53 Å². The number of benzene rings is 1. The van der Waals surface area contributed by atoms with Gasteiger partial charge in [0.1, 0.15) is 11.5 Å². The van der Waals surface area contributed by atoms with E-state index in [9.17, 15) is 4.79 Å². The molecule has 136 valence electrons. The van der Waals surface area contributed by atoms with Crippen molar-refractivity contribution in [2.24, 2.45) is 5.41 Å². The van der Waals surface area contributed by atoms with Gasteiger partial charge in [-0.1, -0.05) is 26.8 Å². The van der Waals surface area contributed by atoms with E-state index < -0.39 is 12.3 Å². The predicted octanol–water partition coefficient (Wildman–Crippen LogP) is 3.84. The number of hydrogen-bond donors (Lipinski definition) is 0. The van der Waals surface area contributed by atoms with Gasteiger partial charge in [-0.15, -0.1) is 0 Å². The van der Waals surface area contributed by atoms with Gasteiger partial charge >= 0.3 is 5.97 Å². The first-order chi connectivity index (χ1) is 11.8. The molecule has 1 aromatic heterocycles. The number of carbonyl (C=O) groups is 1. The summed E-state index contributed by atoms with van der Waals surface area (Å²) in [6.45, 7) is 9.92. The maximum atomic E-state index is 11.6. The molecular weight excluding hydrogens is 320 g/mol. The molecule has 6 heteroatoms. The molecule has 0 bridgehead atoms. The highest BCUT2D eigenvalue weighted by atomic mass is 16.6. The Bertz CT molecular complexity index is 677. The molecule has 0 saturated carbocycles. The van der Waals surface area contributed by atoms with Crippen LogP contribution in [0.2, 0.25) is 0 Å². The maximum Gasteiger partial charge on any atom is 0.303 e. The van der Waals surface area contributed by atoms with E-state index in [1.165, 1.54) is 6.92 Å². The fourth-order valence-corrected chi connectivity index (χ4v) is 2.48. The van der Waals surface area contributed by atoms with E-state index in [2.05, 4.69) is 4.98 Å². The van der Waals surface area contributed by atoms with Crippen molar-refractivity contribution in [3.05, 3.63) is 43.0 Å². The number of ether oxygens (including phenoxy) is 3. The lowest BCUT2D eigenvalue weighted by atomic mass is 9.87. The van der Waals surface area contributed by atoms with E-state index >= 15 is 0 Å². The lowest BCUT2D eigenvalue weighted by molar-refractivity contribution is -0.165. The van der Waals surface area contributed by atoms with Crippen LogP contribution in [0, 0.1) is 5.41 Å². The molecule has 0 aliphatic carbocycles. The molecular formula is C19H26N2O4. The molecule has 2 unspecified atom stereocenters. The fraction of sp³-hybridized carbons (Fsp3) is 0.474. The SMILES string of the molecule is CCOc1cccc(OC(C(OC(C)=O)C(C)(C)C)n2ccnc2)c1. The van der Waals surface area contributed by atoms with Gasteiger partial charge in [0.05, 0.1) is 12.9 Å². The minimum atomic E-state index is -0.553. The summed E-state index contributed by atoms with van der Waals surface area (Å²) in [5, 5.41) is 0. The minimum Gasteiger partial charge on any atom is -0.494 e. The highest BCUT2D eigenvalue weighted by molar-refractivity contribution is 5.66. The van der Waals surface area contributed by atoms with Crippen LogP contribution in [0.15, 0.2) is 43.0 Å². The Morgan fingerprint density at radius 1 is 1.28 bits per heavy atom. The molecule has 0 fully saturated rings. The van der Waals surface area contributed by atoms with Gasteiger partial charge in [0.2, 0.25) is 6.23 Å². The molecule has 2 rings (SSSR count). The Labute approximate surface area is 148 Å². The molecule has 1 aromatic carbocycles. The number of carbonyl (C=O) groups excluding carboxylic acids is 1. The van der Waals surface area contributed by atoms with Crippen LogP contribution in [0.1, 0.15) is 40.8 Å². The lowest BCUT2D eigenvalue weighted by Crippen LogP contribution is -2.41. The number of rotatable bonds is 7. The first-order valence-electron chi connectivity index (χ1n) is 8.35. The van der Waals surface area contributed by atoms with Gasteiger partial charge in [-0.2, -0.15) is 0 Å². The molecule has 0 aliphatic heterocycles. The van der Waals surface area contributed by atoms with Crippen molar-refractivity contribution in [2.75, 3.05) is 6.61 Å². The third-order valence-corrected chi connectivity index (χ3v) is 3.60. The van der Waals surface area contributed by atoms with Crippen LogP contribution < -0.4 is 9.47 Å². The summed E-state index contributed by atoms with van der Waals surface area (Å²) in [7, 11) is 0. The number of hydrogen-bond acceptors (Lipinski definition) is 5. The summed E-state index contributed by atoms with van der Waals surface area (Å²) in [6.07, 6.45) is 4.05. The van der Waals surface area contributed by atoms with Gasteiger partial charge in [-0.05, 0) is 19.1 Å². The largest absolute Gasteiger partial charge is 0.494 e. The smallest absolute Gasteiger partial charge is 0.303 e. The summed E-state index contributed by atoms with van der Waals surface area (Å²) in [6, 6.07) is 7.40. The highest BCUT2D eigenvalue weighted by Gasteiger charge is 2.38. The van der Waals surface area contributed by atoms with Crippen LogP contribution in [0.4, 0.5) is 0 Å². The normalized spacial score (nSPS) is 13.8. The van der Waals surface area contributed by atoms with Gasteiger partial charge in [-0.3, -0.25) is 9.36 Å². The molecule has 2 aromatic rings. The quantitative estimate of drug-likeness (QED) is 0.713. The average molecular weight is 346 g/mol. The number of esters is 1. The van der Waals surface area contributed by atoms with Gasteiger partial charge in [-0.25, -0.2) is 4.98 Å². The summed E-state index contributed by atoms with van der Waals surface area (Å²) in [5.41, 5.74) is -0.335. The van der Waals surface area contributed by atoms with Crippen molar-refractivity contribution < 1.29 is 19.0 Å². The zero-order chi connectivity index (χ0) is 18.4. The minimum absolute atomic E-state index is 0.335. The molecule has 0 amide bonds. The van der Waals surface area contributed by atoms with E-state index in [0.29, 0.717) is 12.4 Å². The van der Waals surface area contributed by atoms with Gasteiger partial charge in [0, 0.05) is 30.8 Å². The van der Waals surface area contributed by atoms with Crippen molar-refractivity contribution >= 4 is 5.97 Å². The number of imidazole rings is 1. The molecule has 0 saturated heterocycles. The molecule has 1 heterocycles. The van der Waals surface area contributed by atoms with E-state index in [-0.39, 0.29) is 11.4 Å². The second-order valence-electron chi connectivity index (χ2n) is 6.82. The highest BCUT2D eigenvalue weighted by Crippen LogP contribution is 2.34. The number of aromatic nitrogens is 2. The number of nitrogens with zero attached hydrogens (tertiary/aromatic N) is 2. The Hall–Kier alpha value is -2.50. The summed E-state index contributed by atoms with van der Waals surface area (Å²) in [5.74, 6) is 1.01. The molecule has 0 spiro atoms. The van der Waals surface area contributed by atoms with Crippen LogP contribution >= 0.6 is 0 Å². The van der Waals surface area contributed by atoms with Crippen LogP contribution in [0.25, 0.3) is 0 Å². The first-order valence-corrected chi connectivity index (χ1v) is 8.35. The third kappa shape index (κ3) is 5.24. The molecule has 0 N–H and O–H groups in total. The predicted molar refractivity (Wildman–Crippen MR) is 94.5 cm³/mol. The Morgan fingerprint density at radius 3 is 2.56 bits per heavy atom. The van der Waals surface area contributed by atoms with E-state index in [1.807, 2.05) is 52.0 Å². The zero-order valence-corrected chi connectivity index (χ0v) is 15.4. The van der Waals surface area contributed by atoms with Crippen molar-refractivity contribution in [2.45, 2.75) is 47.0 Å². The second-order valence-corrected chi connectivity index (χ2v) is 6.82. The Morgan fingerprint density at radius 2 is 2.00 bits per heavy atom. The molecule has 0 radical (unpaired) electrons. The fourth-order valence-electron chi connectivity index (χ4n) is 2.48.